The van der Waals surface area contributed by atoms with E-state index in [2.05, 4.69) is 31.5 Å². The summed E-state index contributed by atoms with van der Waals surface area (Å²) in [5.74, 6) is 0.893. The van der Waals surface area contributed by atoms with Crippen molar-refractivity contribution >= 4 is 11.6 Å². The molecule has 3 nitrogen and oxygen atoms in total. The number of nitrogens with one attached hydrogen (secondary N) is 1. The summed E-state index contributed by atoms with van der Waals surface area (Å²) in [7, 11) is 4.36. The van der Waals surface area contributed by atoms with E-state index in [0.717, 1.165) is 29.4 Å². The van der Waals surface area contributed by atoms with Crippen LogP contribution in [0.1, 0.15) is 11.1 Å². The maximum atomic E-state index is 6.14. The van der Waals surface area contributed by atoms with Gasteiger partial charge in [0.1, 0.15) is 32.0 Å². The molecule has 24 heavy (non-hydrogen) atoms. The summed E-state index contributed by atoms with van der Waals surface area (Å²) in [5.41, 5.74) is 2.29. The van der Waals surface area contributed by atoms with Gasteiger partial charge >= 0.3 is 0 Å². The third-order valence-corrected chi connectivity index (χ3v) is 3.85. The number of rotatable bonds is 8. The van der Waals surface area contributed by atoms with Gasteiger partial charge in [0.2, 0.25) is 0 Å². The number of likely N-dealkylation sites (N-methyl/N-ethyl adjacent to an activating group) is 1. The molecule has 0 aliphatic carbocycles. The summed E-state index contributed by atoms with van der Waals surface area (Å²) in [4.78, 5) is 1.48. The number of benzene rings is 2. The Labute approximate surface area is 162 Å². The fraction of sp³-hybridized carbons (Fsp3) is 0.333. The van der Waals surface area contributed by atoms with Gasteiger partial charge in [0, 0.05) is 16.1 Å². The lowest BCUT2D eigenvalue weighted by atomic mass is 10.2. The number of hydrogen-bond donors (Lipinski definition) is 2. The third-order valence-electron chi connectivity index (χ3n) is 3.48. The fourth-order valence-corrected chi connectivity index (χ4v) is 2.39. The van der Waals surface area contributed by atoms with Crippen molar-refractivity contribution in [3.8, 4) is 5.75 Å². The minimum absolute atomic E-state index is 0. The monoisotopic (exact) mass is 390 g/mol. The maximum Gasteiger partial charge on any atom is 0.126 e. The van der Waals surface area contributed by atoms with Crippen LogP contribution < -0.4 is 39.8 Å². The van der Waals surface area contributed by atoms with Crippen LogP contribution in [0.2, 0.25) is 5.02 Å². The smallest absolute Gasteiger partial charge is 0.126 e. The molecule has 0 spiro atoms. The molecule has 2 aromatic rings. The van der Waals surface area contributed by atoms with E-state index in [4.69, 9.17) is 16.3 Å². The summed E-state index contributed by atoms with van der Waals surface area (Å²) in [6.45, 7) is 3.78. The molecular weight excluding hydrogens is 367 g/mol. The second-order valence-corrected chi connectivity index (χ2v) is 6.17. The Morgan fingerprint density at radius 2 is 1.79 bits per heavy atom. The highest BCUT2D eigenvalue weighted by molar-refractivity contribution is 6.31. The van der Waals surface area contributed by atoms with Gasteiger partial charge in [-0.2, -0.15) is 0 Å². The molecular formula is C18H25Cl3N2O. The molecule has 0 aliphatic heterocycles. The highest BCUT2D eigenvalue weighted by Crippen LogP contribution is 2.19. The molecule has 0 heterocycles. The number of ether oxygens (including phenoxy) is 1. The average molecular weight is 392 g/mol. The SMILES string of the molecule is C[NH+](C)CC[NH2+]Cc1cccc(OCc2ccccc2Cl)c1.[Cl-].[Cl-]. The molecule has 0 fully saturated rings. The van der Waals surface area contributed by atoms with Crippen LogP contribution in [0.3, 0.4) is 0 Å². The Kier molecular flexibility index (Phi) is 11.9. The average Bonchev–Trinajstić information content (AvgIpc) is 2.51. The van der Waals surface area contributed by atoms with E-state index < -0.39 is 0 Å². The van der Waals surface area contributed by atoms with E-state index in [-0.39, 0.29) is 24.8 Å². The van der Waals surface area contributed by atoms with Gasteiger partial charge in [0.05, 0.1) is 14.1 Å². The largest absolute Gasteiger partial charge is 1.00 e. The number of quaternary nitrogens is 2. The molecule has 0 saturated heterocycles. The molecule has 6 heteroatoms. The van der Waals surface area contributed by atoms with Gasteiger partial charge in [-0.3, -0.25) is 0 Å². The second-order valence-electron chi connectivity index (χ2n) is 5.77. The van der Waals surface area contributed by atoms with Crippen molar-refractivity contribution in [3.05, 3.63) is 64.7 Å². The van der Waals surface area contributed by atoms with Gasteiger partial charge in [-0.25, -0.2) is 0 Å². The molecule has 0 aliphatic rings. The molecule has 0 amide bonds. The van der Waals surface area contributed by atoms with Crippen LogP contribution in [-0.2, 0) is 13.2 Å². The van der Waals surface area contributed by atoms with Crippen LogP contribution in [0.25, 0.3) is 0 Å². The zero-order valence-corrected chi connectivity index (χ0v) is 16.3. The van der Waals surface area contributed by atoms with E-state index in [9.17, 15) is 0 Å². The molecule has 0 bridgehead atoms. The fourth-order valence-electron chi connectivity index (χ4n) is 2.20. The number of hydrogen-bond acceptors (Lipinski definition) is 1. The van der Waals surface area contributed by atoms with Crippen LogP contribution in [0.5, 0.6) is 5.75 Å². The van der Waals surface area contributed by atoms with Crippen molar-refractivity contribution in [3.63, 3.8) is 0 Å². The Hall–Kier alpha value is -0.970. The van der Waals surface area contributed by atoms with Gasteiger partial charge in [0.25, 0.3) is 0 Å². The van der Waals surface area contributed by atoms with Crippen molar-refractivity contribution in [2.24, 2.45) is 0 Å². The Morgan fingerprint density at radius 3 is 2.50 bits per heavy atom. The van der Waals surface area contributed by atoms with Crippen molar-refractivity contribution < 1.29 is 39.8 Å². The first-order chi connectivity index (χ1) is 10.6. The van der Waals surface area contributed by atoms with Gasteiger partial charge < -0.3 is 39.8 Å². The molecule has 2 aromatic carbocycles. The Morgan fingerprint density at radius 1 is 1.04 bits per heavy atom. The van der Waals surface area contributed by atoms with Crippen molar-refractivity contribution in [2.75, 3.05) is 27.2 Å². The van der Waals surface area contributed by atoms with E-state index in [1.165, 1.54) is 17.0 Å². The van der Waals surface area contributed by atoms with Gasteiger partial charge in [-0.1, -0.05) is 41.9 Å². The Balaban J connectivity index is 0.00000264. The first-order valence-electron chi connectivity index (χ1n) is 7.71. The quantitative estimate of drug-likeness (QED) is 0.435. The summed E-state index contributed by atoms with van der Waals surface area (Å²) in [5, 5.41) is 3.08. The lowest BCUT2D eigenvalue weighted by Crippen LogP contribution is -3.09. The van der Waals surface area contributed by atoms with E-state index in [1.54, 1.807) is 0 Å². The molecule has 3 N–H and O–H groups in total. The third kappa shape index (κ3) is 8.22. The van der Waals surface area contributed by atoms with Gasteiger partial charge in [-0.05, 0) is 18.2 Å². The van der Waals surface area contributed by atoms with E-state index in [1.807, 2.05) is 36.4 Å². The maximum absolute atomic E-state index is 6.14. The molecule has 0 radical (unpaired) electrons. The first-order valence-corrected chi connectivity index (χ1v) is 8.09. The molecule has 2 rings (SSSR count). The lowest BCUT2D eigenvalue weighted by molar-refractivity contribution is -0.875. The summed E-state index contributed by atoms with van der Waals surface area (Å²) < 4.78 is 5.86. The van der Waals surface area contributed by atoms with Crippen molar-refractivity contribution in [2.45, 2.75) is 13.2 Å². The normalized spacial score (nSPS) is 10.0. The zero-order valence-electron chi connectivity index (χ0n) is 14.1. The van der Waals surface area contributed by atoms with E-state index >= 15 is 0 Å². The molecule has 0 aromatic heterocycles. The zero-order chi connectivity index (χ0) is 15.8. The highest BCUT2D eigenvalue weighted by Gasteiger charge is 2.03. The lowest BCUT2D eigenvalue weighted by Gasteiger charge is -2.09. The van der Waals surface area contributed by atoms with Crippen molar-refractivity contribution in [1.29, 1.82) is 0 Å². The summed E-state index contributed by atoms with van der Waals surface area (Å²) >= 11 is 6.14. The van der Waals surface area contributed by atoms with Crippen LogP contribution >= 0.6 is 11.6 Å². The second kappa shape index (κ2) is 12.4. The highest BCUT2D eigenvalue weighted by atomic mass is 35.5. The van der Waals surface area contributed by atoms with Gasteiger partial charge in [-0.15, -0.1) is 0 Å². The van der Waals surface area contributed by atoms with Crippen LogP contribution in [0.15, 0.2) is 48.5 Å². The minimum Gasteiger partial charge on any atom is -1.00 e. The topological polar surface area (TPSA) is 30.3 Å². The Bertz CT molecular complexity index is 594. The van der Waals surface area contributed by atoms with Crippen LogP contribution in [0, 0.1) is 0 Å². The molecule has 134 valence electrons. The van der Waals surface area contributed by atoms with Crippen LogP contribution in [-0.4, -0.2) is 27.2 Å². The minimum atomic E-state index is 0. The van der Waals surface area contributed by atoms with Crippen LogP contribution in [0.4, 0.5) is 0 Å². The number of halogens is 3. The summed E-state index contributed by atoms with van der Waals surface area (Å²) in [6.07, 6.45) is 0. The summed E-state index contributed by atoms with van der Waals surface area (Å²) in [6, 6.07) is 16.1. The number of nitrogens with two attached hydrogens (primary N) is 1. The molecule has 0 unspecified atom stereocenters. The van der Waals surface area contributed by atoms with Crippen molar-refractivity contribution in [1.82, 2.24) is 0 Å². The standard InChI is InChI=1S/C18H23ClN2O.2ClH/c1-21(2)11-10-20-13-15-6-5-8-17(12-15)22-14-16-7-3-4-9-18(16)19;;/h3-9,12,20H,10-11,13-14H2,1-2H3;2*1H. The molecule has 0 atom stereocenters. The van der Waals surface area contributed by atoms with E-state index in [0.29, 0.717) is 6.61 Å². The van der Waals surface area contributed by atoms with Gasteiger partial charge in [0.15, 0.2) is 0 Å². The molecule has 0 saturated carbocycles. The first kappa shape index (κ1) is 23.0. The predicted octanol–water partition coefficient (Wildman–Crippen LogP) is -4.87. The predicted molar refractivity (Wildman–Crippen MR) is 90.4 cm³/mol.